The molecule has 1 aromatic carbocycles. The monoisotopic (exact) mass is 314 g/mol. The second-order valence-corrected chi connectivity index (χ2v) is 7.26. The molecule has 1 aromatic rings. The Morgan fingerprint density at radius 3 is 2.52 bits per heavy atom. The lowest BCUT2D eigenvalue weighted by atomic mass is 9.99. The summed E-state index contributed by atoms with van der Waals surface area (Å²) < 4.78 is 0. The summed E-state index contributed by atoms with van der Waals surface area (Å²) in [6.07, 6.45) is 2.86. The zero-order valence-electron chi connectivity index (χ0n) is 14.3. The molecule has 3 rings (SSSR count). The topological polar surface area (TPSA) is 49.4 Å². The van der Waals surface area contributed by atoms with Gasteiger partial charge in [-0.3, -0.25) is 9.59 Å². The molecule has 4 nitrogen and oxygen atoms in total. The molecule has 0 aromatic heterocycles. The Morgan fingerprint density at radius 1 is 1.13 bits per heavy atom. The largest absolute Gasteiger partial charge is 0.342 e. The maximum Gasteiger partial charge on any atom is 0.228 e. The molecule has 2 unspecified atom stereocenters. The fourth-order valence-electron chi connectivity index (χ4n) is 3.32. The third kappa shape index (κ3) is 3.57. The highest BCUT2D eigenvalue weighted by molar-refractivity contribution is 6.00. The van der Waals surface area contributed by atoms with E-state index in [0.29, 0.717) is 12.3 Å². The second-order valence-electron chi connectivity index (χ2n) is 7.26. The smallest absolute Gasteiger partial charge is 0.228 e. The molecule has 1 aliphatic heterocycles. The first-order valence-corrected chi connectivity index (χ1v) is 8.62. The number of hydrogen-bond acceptors (Lipinski definition) is 2. The minimum absolute atomic E-state index is 0.0116. The summed E-state index contributed by atoms with van der Waals surface area (Å²) in [6, 6.07) is 6.03. The molecule has 0 spiro atoms. The minimum atomic E-state index is -0.151. The molecule has 1 heterocycles. The normalized spacial score (nSPS) is 24.4. The average molecular weight is 314 g/mol. The summed E-state index contributed by atoms with van der Waals surface area (Å²) in [5, 5.41) is 3.00. The van der Waals surface area contributed by atoms with Crippen molar-refractivity contribution < 1.29 is 9.59 Å². The van der Waals surface area contributed by atoms with Crippen molar-refractivity contribution in [2.45, 2.75) is 40.0 Å². The maximum atomic E-state index is 12.5. The molecule has 2 amide bonds. The van der Waals surface area contributed by atoms with E-state index in [1.165, 1.54) is 0 Å². The second kappa shape index (κ2) is 6.34. The van der Waals surface area contributed by atoms with Crippen LogP contribution in [0.15, 0.2) is 18.2 Å². The van der Waals surface area contributed by atoms with E-state index >= 15 is 0 Å². The number of carbonyl (C=O) groups is 2. The van der Waals surface area contributed by atoms with Gasteiger partial charge in [0, 0.05) is 18.8 Å². The standard InChI is InChI=1S/C19H26N2O2/c1-12-6-8-21(9-7-12)19(23)16-11-15(16)18(22)20-17-10-13(2)4-5-14(17)3/h4-5,10,12,15-16H,6-9,11H2,1-3H3,(H,20,22). The average Bonchev–Trinajstić information content (AvgIpc) is 3.31. The number of anilines is 1. The van der Waals surface area contributed by atoms with Crippen LogP contribution < -0.4 is 5.32 Å². The van der Waals surface area contributed by atoms with E-state index in [9.17, 15) is 9.59 Å². The number of likely N-dealkylation sites (tertiary alicyclic amines) is 1. The summed E-state index contributed by atoms with van der Waals surface area (Å²) >= 11 is 0. The van der Waals surface area contributed by atoms with Gasteiger partial charge in [-0.15, -0.1) is 0 Å². The number of piperidine rings is 1. The number of benzene rings is 1. The summed E-state index contributed by atoms with van der Waals surface area (Å²) in [4.78, 5) is 26.9. The Morgan fingerprint density at radius 2 is 1.83 bits per heavy atom. The molecule has 4 heteroatoms. The van der Waals surface area contributed by atoms with Gasteiger partial charge in [0.15, 0.2) is 0 Å². The number of carbonyl (C=O) groups excluding carboxylic acids is 2. The Labute approximate surface area is 138 Å². The van der Waals surface area contributed by atoms with E-state index in [1.54, 1.807) is 0 Å². The van der Waals surface area contributed by atoms with Gasteiger partial charge in [-0.05, 0) is 56.2 Å². The van der Waals surface area contributed by atoms with Crippen LogP contribution in [0.2, 0.25) is 0 Å². The third-order valence-corrected chi connectivity index (χ3v) is 5.19. The van der Waals surface area contributed by atoms with E-state index in [0.717, 1.165) is 42.7 Å². The quantitative estimate of drug-likeness (QED) is 0.932. The van der Waals surface area contributed by atoms with E-state index < -0.39 is 0 Å². The zero-order valence-corrected chi connectivity index (χ0v) is 14.3. The SMILES string of the molecule is Cc1ccc(C)c(NC(=O)C2CC2C(=O)N2CCC(C)CC2)c1. The van der Waals surface area contributed by atoms with Crippen LogP contribution in [-0.4, -0.2) is 29.8 Å². The number of nitrogens with one attached hydrogen (secondary N) is 1. The van der Waals surface area contributed by atoms with Crippen LogP contribution >= 0.6 is 0 Å². The van der Waals surface area contributed by atoms with Gasteiger partial charge in [-0.1, -0.05) is 19.1 Å². The molecule has 2 aliphatic rings. The highest BCUT2D eigenvalue weighted by atomic mass is 16.2. The van der Waals surface area contributed by atoms with E-state index in [-0.39, 0.29) is 23.7 Å². The van der Waals surface area contributed by atoms with Crippen LogP contribution in [0.4, 0.5) is 5.69 Å². The van der Waals surface area contributed by atoms with Crippen molar-refractivity contribution >= 4 is 17.5 Å². The predicted octanol–water partition coefficient (Wildman–Crippen LogP) is 3.14. The van der Waals surface area contributed by atoms with Gasteiger partial charge < -0.3 is 10.2 Å². The highest BCUT2D eigenvalue weighted by Gasteiger charge is 2.49. The van der Waals surface area contributed by atoms with E-state index in [2.05, 4.69) is 12.2 Å². The summed E-state index contributed by atoms with van der Waals surface area (Å²) in [5.74, 6) is 0.623. The molecule has 0 radical (unpaired) electrons. The first-order chi connectivity index (χ1) is 11.0. The number of aryl methyl sites for hydroxylation is 2. The Bertz CT molecular complexity index is 618. The van der Waals surface area contributed by atoms with Gasteiger partial charge in [-0.2, -0.15) is 0 Å². The van der Waals surface area contributed by atoms with Gasteiger partial charge in [0.1, 0.15) is 0 Å². The lowest BCUT2D eigenvalue weighted by Gasteiger charge is -2.30. The molecule has 1 aliphatic carbocycles. The highest BCUT2D eigenvalue weighted by Crippen LogP contribution is 2.41. The lowest BCUT2D eigenvalue weighted by molar-refractivity contribution is -0.135. The lowest BCUT2D eigenvalue weighted by Crippen LogP contribution is -2.39. The van der Waals surface area contributed by atoms with Gasteiger partial charge in [-0.25, -0.2) is 0 Å². The van der Waals surface area contributed by atoms with Crippen molar-refractivity contribution in [2.75, 3.05) is 18.4 Å². The van der Waals surface area contributed by atoms with Gasteiger partial charge in [0.25, 0.3) is 0 Å². The van der Waals surface area contributed by atoms with E-state index in [1.807, 2.05) is 36.9 Å². The summed E-state index contributed by atoms with van der Waals surface area (Å²) in [5.41, 5.74) is 3.04. The number of rotatable bonds is 3. The van der Waals surface area contributed by atoms with Crippen LogP contribution in [0.3, 0.4) is 0 Å². The molecule has 1 saturated heterocycles. The van der Waals surface area contributed by atoms with E-state index in [4.69, 9.17) is 0 Å². The van der Waals surface area contributed by atoms with Crippen molar-refractivity contribution in [3.63, 3.8) is 0 Å². The molecule has 2 atom stereocenters. The maximum absolute atomic E-state index is 12.5. The van der Waals surface area contributed by atoms with Crippen LogP contribution in [0, 0.1) is 31.6 Å². The van der Waals surface area contributed by atoms with Crippen LogP contribution in [-0.2, 0) is 9.59 Å². The van der Waals surface area contributed by atoms with Crippen molar-refractivity contribution in [1.29, 1.82) is 0 Å². The van der Waals surface area contributed by atoms with Crippen LogP contribution in [0.1, 0.15) is 37.3 Å². The first-order valence-electron chi connectivity index (χ1n) is 8.62. The fraction of sp³-hybridized carbons (Fsp3) is 0.579. The van der Waals surface area contributed by atoms with Crippen molar-refractivity contribution in [3.05, 3.63) is 29.3 Å². The molecule has 1 saturated carbocycles. The Balaban J connectivity index is 1.56. The predicted molar refractivity (Wildman–Crippen MR) is 91.1 cm³/mol. The molecule has 0 bridgehead atoms. The van der Waals surface area contributed by atoms with Crippen molar-refractivity contribution in [1.82, 2.24) is 4.90 Å². The third-order valence-electron chi connectivity index (χ3n) is 5.19. The summed E-state index contributed by atoms with van der Waals surface area (Å²) in [7, 11) is 0. The minimum Gasteiger partial charge on any atom is -0.342 e. The first kappa shape index (κ1) is 16.0. The number of nitrogens with zero attached hydrogens (tertiary/aromatic N) is 1. The fourth-order valence-corrected chi connectivity index (χ4v) is 3.32. The van der Waals surface area contributed by atoms with Crippen LogP contribution in [0.5, 0.6) is 0 Å². The Hall–Kier alpha value is -1.84. The van der Waals surface area contributed by atoms with Crippen LogP contribution in [0.25, 0.3) is 0 Å². The summed E-state index contributed by atoms with van der Waals surface area (Å²) in [6.45, 7) is 7.93. The zero-order chi connectivity index (χ0) is 16.6. The molecular weight excluding hydrogens is 288 g/mol. The molecular formula is C19H26N2O2. The molecule has 2 fully saturated rings. The molecule has 23 heavy (non-hydrogen) atoms. The number of hydrogen-bond donors (Lipinski definition) is 1. The van der Waals surface area contributed by atoms with Crippen molar-refractivity contribution in [2.24, 2.45) is 17.8 Å². The van der Waals surface area contributed by atoms with Gasteiger partial charge >= 0.3 is 0 Å². The number of amides is 2. The van der Waals surface area contributed by atoms with Gasteiger partial charge in [0.2, 0.25) is 11.8 Å². The Kier molecular flexibility index (Phi) is 4.42. The molecule has 1 N–H and O–H groups in total. The van der Waals surface area contributed by atoms with Gasteiger partial charge in [0.05, 0.1) is 11.8 Å². The molecule has 124 valence electrons. The van der Waals surface area contributed by atoms with Crippen molar-refractivity contribution in [3.8, 4) is 0 Å².